The number of piperazine rings is 1. The van der Waals surface area contributed by atoms with E-state index in [0.717, 1.165) is 18.7 Å². The van der Waals surface area contributed by atoms with Crippen molar-refractivity contribution in [2.45, 2.75) is 26.4 Å². The number of nitrogens with one attached hydrogen (secondary N) is 2. The van der Waals surface area contributed by atoms with E-state index >= 15 is 0 Å². The highest BCUT2D eigenvalue weighted by Gasteiger charge is 2.36. The van der Waals surface area contributed by atoms with Crippen LogP contribution in [0.25, 0.3) is 0 Å². The van der Waals surface area contributed by atoms with E-state index in [1.54, 1.807) is 0 Å². The molecule has 1 atom stereocenters. The van der Waals surface area contributed by atoms with E-state index in [1.807, 2.05) is 24.3 Å². The maximum absolute atomic E-state index is 12.4. The number of ether oxygens (including phenoxy) is 1. The molecule has 3 rings (SSSR count). The molecule has 0 spiro atoms. The third-order valence-corrected chi connectivity index (χ3v) is 4.75. The summed E-state index contributed by atoms with van der Waals surface area (Å²) in [6.07, 6.45) is 0. The molecule has 0 aromatic heterocycles. The first-order valence-electron chi connectivity index (χ1n) is 8.41. The average Bonchev–Trinajstić information content (AvgIpc) is 2.86. The lowest BCUT2D eigenvalue weighted by Crippen LogP contribution is -2.47. The summed E-state index contributed by atoms with van der Waals surface area (Å²) < 4.78 is 5.47. The van der Waals surface area contributed by atoms with E-state index < -0.39 is 0 Å². The van der Waals surface area contributed by atoms with Crippen LogP contribution in [0.15, 0.2) is 24.3 Å². The molecule has 130 valence electrons. The number of rotatable bonds is 4. The number of amides is 2. The van der Waals surface area contributed by atoms with Gasteiger partial charge in [-0.1, -0.05) is 26.0 Å². The molecule has 0 radical (unpaired) electrons. The summed E-state index contributed by atoms with van der Waals surface area (Å²) in [4.78, 5) is 25.9. The fourth-order valence-electron chi connectivity index (χ4n) is 3.09. The highest BCUT2D eigenvalue weighted by molar-refractivity contribution is 5.94. The molecule has 0 unspecified atom stereocenters. The van der Waals surface area contributed by atoms with Gasteiger partial charge in [-0.3, -0.25) is 14.5 Å². The smallest absolute Gasteiger partial charge is 0.251 e. The third kappa shape index (κ3) is 3.94. The van der Waals surface area contributed by atoms with Crippen molar-refractivity contribution in [2.75, 3.05) is 32.8 Å². The number of nitrogens with zero attached hydrogens (tertiary/aromatic N) is 1. The van der Waals surface area contributed by atoms with Crippen LogP contribution >= 0.6 is 0 Å². The first kappa shape index (κ1) is 16.9. The molecule has 24 heavy (non-hydrogen) atoms. The SMILES string of the molecule is CC1(C)COC[C@@H]1NC(=O)c1ccc(CN2CCNC(=O)C2)cc1. The summed E-state index contributed by atoms with van der Waals surface area (Å²) in [6.45, 7) is 8.13. The zero-order valence-electron chi connectivity index (χ0n) is 14.3. The molecule has 6 nitrogen and oxygen atoms in total. The van der Waals surface area contributed by atoms with E-state index in [2.05, 4.69) is 29.4 Å². The van der Waals surface area contributed by atoms with Gasteiger partial charge in [-0.2, -0.15) is 0 Å². The van der Waals surface area contributed by atoms with Gasteiger partial charge in [-0.15, -0.1) is 0 Å². The van der Waals surface area contributed by atoms with Crippen LogP contribution in [0.1, 0.15) is 29.8 Å². The molecule has 6 heteroatoms. The third-order valence-electron chi connectivity index (χ3n) is 4.75. The minimum Gasteiger partial charge on any atom is -0.379 e. The van der Waals surface area contributed by atoms with E-state index in [9.17, 15) is 9.59 Å². The maximum atomic E-state index is 12.4. The average molecular weight is 331 g/mol. The summed E-state index contributed by atoms with van der Waals surface area (Å²) in [7, 11) is 0. The Labute approximate surface area is 142 Å². The molecule has 2 heterocycles. The molecular formula is C18H25N3O3. The molecule has 2 aliphatic rings. The molecule has 2 saturated heterocycles. The highest BCUT2D eigenvalue weighted by Crippen LogP contribution is 2.27. The van der Waals surface area contributed by atoms with Crippen molar-refractivity contribution in [1.29, 1.82) is 0 Å². The highest BCUT2D eigenvalue weighted by atomic mass is 16.5. The summed E-state index contributed by atoms with van der Waals surface area (Å²) in [5.74, 6) is 0.00104. The summed E-state index contributed by atoms with van der Waals surface area (Å²) >= 11 is 0. The van der Waals surface area contributed by atoms with Crippen LogP contribution in [-0.2, 0) is 16.1 Å². The predicted octanol–water partition coefficient (Wildman–Crippen LogP) is 0.773. The fourth-order valence-corrected chi connectivity index (χ4v) is 3.09. The summed E-state index contributed by atoms with van der Waals surface area (Å²) in [5, 5.41) is 5.88. The number of carbonyl (C=O) groups excluding carboxylic acids is 2. The van der Waals surface area contributed by atoms with Gasteiger partial charge in [0.25, 0.3) is 5.91 Å². The van der Waals surface area contributed by atoms with Gasteiger partial charge >= 0.3 is 0 Å². The zero-order valence-corrected chi connectivity index (χ0v) is 14.3. The van der Waals surface area contributed by atoms with Crippen LogP contribution in [0.4, 0.5) is 0 Å². The van der Waals surface area contributed by atoms with Crippen molar-refractivity contribution in [3.63, 3.8) is 0 Å². The molecule has 2 fully saturated rings. The topological polar surface area (TPSA) is 70.7 Å². The largest absolute Gasteiger partial charge is 0.379 e. The van der Waals surface area contributed by atoms with Gasteiger partial charge in [-0.05, 0) is 17.7 Å². The molecule has 2 N–H and O–H groups in total. The van der Waals surface area contributed by atoms with Crippen LogP contribution in [0, 0.1) is 5.41 Å². The normalized spacial score (nSPS) is 23.8. The van der Waals surface area contributed by atoms with Crippen molar-refractivity contribution in [3.05, 3.63) is 35.4 Å². The lowest BCUT2D eigenvalue weighted by molar-refractivity contribution is -0.124. The van der Waals surface area contributed by atoms with E-state index in [-0.39, 0.29) is 23.3 Å². The van der Waals surface area contributed by atoms with Gasteiger partial charge in [-0.25, -0.2) is 0 Å². The molecule has 2 aliphatic heterocycles. The Bertz CT molecular complexity index is 612. The van der Waals surface area contributed by atoms with Gasteiger partial charge < -0.3 is 15.4 Å². The van der Waals surface area contributed by atoms with Gasteiger partial charge in [0.1, 0.15) is 0 Å². The van der Waals surface area contributed by atoms with Crippen molar-refractivity contribution in [3.8, 4) is 0 Å². The lowest BCUT2D eigenvalue weighted by atomic mass is 9.88. The Morgan fingerprint density at radius 1 is 1.38 bits per heavy atom. The number of hydrogen-bond acceptors (Lipinski definition) is 4. The Balaban J connectivity index is 1.57. The molecule has 0 saturated carbocycles. The van der Waals surface area contributed by atoms with Gasteiger partial charge in [0.05, 0.1) is 25.8 Å². The van der Waals surface area contributed by atoms with Crippen molar-refractivity contribution in [1.82, 2.24) is 15.5 Å². The molecule has 1 aromatic carbocycles. The van der Waals surface area contributed by atoms with E-state index in [1.165, 1.54) is 0 Å². The number of hydrogen-bond donors (Lipinski definition) is 2. The molecule has 1 aromatic rings. The van der Waals surface area contributed by atoms with E-state index in [0.29, 0.717) is 31.9 Å². The second-order valence-corrected chi connectivity index (χ2v) is 7.29. The van der Waals surface area contributed by atoms with Crippen LogP contribution in [0.3, 0.4) is 0 Å². The Kier molecular flexibility index (Phi) is 4.87. The lowest BCUT2D eigenvalue weighted by Gasteiger charge is -2.26. The number of carbonyl (C=O) groups is 2. The summed E-state index contributed by atoms with van der Waals surface area (Å²) in [6, 6.07) is 7.64. The van der Waals surface area contributed by atoms with Gasteiger partial charge in [0.15, 0.2) is 0 Å². The van der Waals surface area contributed by atoms with Crippen LogP contribution in [0.5, 0.6) is 0 Å². The zero-order chi connectivity index (χ0) is 17.2. The fraction of sp³-hybridized carbons (Fsp3) is 0.556. The van der Waals surface area contributed by atoms with Gasteiger partial charge in [0, 0.05) is 30.6 Å². The Morgan fingerprint density at radius 3 is 2.75 bits per heavy atom. The number of benzene rings is 1. The molecular weight excluding hydrogens is 306 g/mol. The van der Waals surface area contributed by atoms with Gasteiger partial charge in [0.2, 0.25) is 5.91 Å². The van der Waals surface area contributed by atoms with Crippen molar-refractivity contribution < 1.29 is 14.3 Å². The van der Waals surface area contributed by atoms with Crippen LogP contribution in [-0.4, -0.2) is 55.6 Å². The van der Waals surface area contributed by atoms with Crippen molar-refractivity contribution in [2.24, 2.45) is 5.41 Å². The first-order valence-corrected chi connectivity index (χ1v) is 8.41. The quantitative estimate of drug-likeness (QED) is 0.855. The van der Waals surface area contributed by atoms with Crippen LogP contribution in [0.2, 0.25) is 0 Å². The van der Waals surface area contributed by atoms with Crippen LogP contribution < -0.4 is 10.6 Å². The molecule has 0 bridgehead atoms. The Morgan fingerprint density at radius 2 is 2.12 bits per heavy atom. The van der Waals surface area contributed by atoms with E-state index in [4.69, 9.17) is 4.74 Å². The summed E-state index contributed by atoms with van der Waals surface area (Å²) in [5.41, 5.74) is 1.72. The standard InChI is InChI=1S/C18H25N3O3/c1-18(2)12-24-11-15(18)20-17(23)14-5-3-13(4-6-14)9-21-8-7-19-16(22)10-21/h3-6,15H,7-12H2,1-2H3,(H,19,22)(H,20,23)/t15-/m0/s1. The monoisotopic (exact) mass is 331 g/mol. The second kappa shape index (κ2) is 6.91. The minimum atomic E-state index is -0.0672. The molecule has 0 aliphatic carbocycles. The minimum absolute atomic E-state index is 0.0373. The second-order valence-electron chi connectivity index (χ2n) is 7.29. The molecule has 2 amide bonds. The van der Waals surface area contributed by atoms with Crippen molar-refractivity contribution >= 4 is 11.8 Å². The predicted molar refractivity (Wildman–Crippen MR) is 90.6 cm³/mol. The maximum Gasteiger partial charge on any atom is 0.251 e. The Hall–Kier alpha value is -1.92. The first-order chi connectivity index (χ1) is 11.4.